The minimum absolute atomic E-state index is 0.548. The fraction of sp³-hybridized carbons (Fsp3) is 0. The van der Waals surface area contributed by atoms with Crippen LogP contribution in [0.15, 0.2) is 150 Å². The summed E-state index contributed by atoms with van der Waals surface area (Å²) in [7, 11) is 0. The average Bonchev–Trinajstić information content (AvgIpc) is 3.52. The van der Waals surface area contributed by atoms with Crippen molar-refractivity contribution in [1.29, 1.82) is 0 Å². The molecule has 7 nitrogen and oxygen atoms in total. The van der Waals surface area contributed by atoms with E-state index in [1.54, 1.807) is 6.20 Å². The number of furan rings is 1. The molecule has 5 aromatic heterocycles. The molecule has 5 heterocycles. The second-order valence-electron chi connectivity index (χ2n) is 11.2. The van der Waals surface area contributed by atoms with Gasteiger partial charge in [-0.3, -0.25) is 9.97 Å². The quantitative estimate of drug-likeness (QED) is 0.193. The molecule has 0 fully saturated rings. The summed E-state index contributed by atoms with van der Waals surface area (Å²) in [6, 6.07) is 44.4. The lowest BCUT2D eigenvalue weighted by Crippen LogP contribution is -2.00. The largest absolute Gasteiger partial charge is 0.436 e. The molecule has 0 aliphatic heterocycles. The van der Waals surface area contributed by atoms with Crippen molar-refractivity contribution in [2.75, 3.05) is 0 Å². The standard InChI is InChI=1S/C40H24N6O/c1-3-11-26(12-4-1)37-44-38(27-13-5-2-6-14-27)46-39(45-37)29-16-9-15-28(22-29)34-23-32-31-18-19-33(43-40(31)47-35(32)24-42-34)36-30-17-8-7-10-25(30)20-21-41-36/h1-24H. The molecular formula is C40H24N6O. The van der Waals surface area contributed by atoms with Crippen LogP contribution in [0.5, 0.6) is 0 Å². The Labute approximate surface area is 269 Å². The summed E-state index contributed by atoms with van der Waals surface area (Å²) < 4.78 is 6.19. The molecule has 0 spiro atoms. The second-order valence-corrected chi connectivity index (χ2v) is 11.2. The molecule has 0 bridgehead atoms. The van der Waals surface area contributed by atoms with E-state index in [2.05, 4.69) is 29.2 Å². The zero-order valence-corrected chi connectivity index (χ0v) is 24.9. The van der Waals surface area contributed by atoms with Crippen LogP contribution in [0.25, 0.3) is 89.7 Å². The van der Waals surface area contributed by atoms with Crippen LogP contribution in [0.4, 0.5) is 0 Å². The lowest BCUT2D eigenvalue weighted by atomic mass is 10.0. The maximum Gasteiger partial charge on any atom is 0.228 e. The fourth-order valence-electron chi connectivity index (χ4n) is 5.93. The van der Waals surface area contributed by atoms with Gasteiger partial charge < -0.3 is 4.42 Å². The smallest absolute Gasteiger partial charge is 0.228 e. The Morgan fingerprint density at radius 2 is 1.09 bits per heavy atom. The first-order valence-corrected chi connectivity index (χ1v) is 15.3. The van der Waals surface area contributed by atoms with Crippen molar-refractivity contribution in [3.8, 4) is 56.8 Å². The Morgan fingerprint density at radius 3 is 1.85 bits per heavy atom. The van der Waals surface area contributed by atoms with E-state index < -0.39 is 0 Å². The minimum Gasteiger partial charge on any atom is -0.436 e. The molecule has 0 unspecified atom stereocenters. The molecule has 9 aromatic rings. The van der Waals surface area contributed by atoms with Gasteiger partial charge in [0.15, 0.2) is 23.1 Å². The Morgan fingerprint density at radius 1 is 0.426 bits per heavy atom. The first-order valence-electron chi connectivity index (χ1n) is 15.3. The fourth-order valence-corrected chi connectivity index (χ4v) is 5.93. The van der Waals surface area contributed by atoms with Gasteiger partial charge in [0.1, 0.15) is 0 Å². The predicted molar refractivity (Wildman–Crippen MR) is 185 cm³/mol. The number of hydrogen-bond acceptors (Lipinski definition) is 7. The molecule has 0 saturated heterocycles. The topological polar surface area (TPSA) is 90.5 Å². The lowest BCUT2D eigenvalue weighted by Gasteiger charge is -2.09. The van der Waals surface area contributed by atoms with Crippen LogP contribution in [0.3, 0.4) is 0 Å². The van der Waals surface area contributed by atoms with E-state index in [9.17, 15) is 0 Å². The highest BCUT2D eigenvalue weighted by Crippen LogP contribution is 2.34. The molecule has 9 rings (SSSR count). The van der Waals surface area contributed by atoms with Crippen molar-refractivity contribution in [3.63, 3.8) is 0 Å². The summed E-state index contributed by atoms with van der Waals surface area (Å²) in [6.45, 7) is 0. The van der Waals surface area contributed by atoms with E-state index in [1.807, 2.05) is 115 Å². The maximum atomic E-state index is 6.19. The molecule has 0 atom stereocenters. The number of fused-ring (bicyclic) bond motifs is 4. The van der Waals surface area contributed by atoms with E-state index in [1.165, 1.54) is 0 Å². The van der Waals surface area contributed by atoms with Gasteiger partial charge in [0.25, 0.3) is 0 Å². The number of rotatable bonds is 5. The summed E-state index contributed by atoms with van der Waals surface area (Å²) in [5.74, 6) is 1.83. The highest BCUT2D eigenvalue weighted by Gasteiger charge is 2.16. The summed E-state index contributed by atoms with van der Waals surface area (Å²) in [5.41, 5.74) is 7.27. The van der Waals surface area contributed by atoms with Crippen LogP contribution in [0.2, 0.25) is 0 Å². The van der Waals surface area contributed by atoms with Crippen molar-refractivity contribution >= 4 is 32.8 Å². The molecule has 7 heteroatoms. The third-order valence-corrected chi connectivity index (χ3v) is 8.26. The van der Waals surface area contributed by atoms with Crippen molar-refractivity contribution < 1.29 is 4.42 Å². The first kappa shape index (κ1) is 26.8. The minimum atomic E-state index is 0.548. The molecule has 4 aromatic carbocycles. The zero-order valence-electron chi connectivity index (χ0n) is 24.9. The number of hydrogen-bond donors (Lipinski definition) is 0. The Hall–Kier alpha value is -6.60. The van der Waals surface area contributed by atoms with Crippen LogP contribution in [0.1, 0.15) is 0 Å². The monoisotopic (exact) mass is 604 g/mol. The Kier molecular flexibility index (Phi) is 6.31. The van der Waals surface area contributed by atoms with Crippen LogP contribution < -0.4 is 0 Å². The lowest BCUT2D eigenvalue weighted by molar-refractivity contribution is 0.653. The average molecular weight is 605 g/mol. The first-order chi connectivity index (χ1) is 23.3. The summed E-state index contributed by atoms with van der Waals surface area (Å²) in [5, 5.41) is 4.02. The summed E-state index contributed by atoms with van der Waals surface area (Å²) in [4.78, 5) is 28.9. The molecule has 0 saturated carbocycles. The van der Waals surface area contributed by atoms with E-state index in [0.29, 0.717) is 28.8 Å². The highest BCUT2D eigenvalue weighted by molar-refractivity contribution is 6.05. The Balaban J connectivity index is 1.12. The molecule has 47 heavy (non-hydrogen) atoms. The third-order valence-electron chi connectivity index (χ3n) is 8.26. The number of aromatic nitrogens is 6. The molecule has 0 radical (unpaired) electrons. The normalized spacial score (nSPS) is 11.4. The van der Waals surface area contributed by atoms with Crippen LogP contribution >= 0.6 is 0 Å². The van der Waals surface area contributed by atoms with Crippen LogP contribution in [-0.4, -0.2) is 29.9 Å². The number of benzene rings is 4. The van der Waals surface area contributed by atoms with E-state index in [4.69, 9.17) is 29.3 Å². The maximum absolute atomic E-state index is 6.19. The molecular weight excluding hydrogens is 580 g/mol. The molecule has 0 amide bonds. The SMILES string of the molecule is c1ccc(-c2nc(-c3ccccc3)nc(-c3cccc(-c4cc5c(cn4)oc4nc(-c6nccc7ccccc67)ccc45)c3)n2)cc1. The van der Waals surface area contributed by atoms with E-state index in [0.717, 1.165) is 60.9 Å². The molecule has 220 valence electrons. The van der Waals surface area contributed by atoms with Gasteiger partial charge in [0.05, 0.1) is 23.3 Å². The van der Waals surface area contributed by atoms with Crippen molar-refractivity contribution in [2.45, 2.75) is 0 Å². The molecule has 0 aliphatic rings. The van der Waals surface area contributed by atoms with Gasteiger partial charge in [-0.2, -0.15) is 0 Å². The highest BCUT2D eigenvalue weighted by atomic mass is 16.3. The van der Waals surface area contributed by atoms with Gasteiger partial charge in [-0.1, -0.05) is 103 Å². The summed E-state index contributed by atoms with van der Waals surface area (Å²) in [6.07, 6.45) is 3.58. The summed E-state index contributed by atoms with van der Waals surface area (Å²) >= 11 is 0. The van der Waals surface area contributed by atoms with Gasteiger partial charge in [-0.25, -0.2) is 19.9 Å². The Bertz CT molecular complexity index is 2520. The molecule has 0 aliphatic carbocycles. The predicted octanol–water partition coefficient (Wildman–Crippen LogP) is 9.44. The van der Waals surface area contributed by atoms with Crippen LogP contribution in [-0.2, 0) is 0 Å². The van der Waals surface area contributed by atoms with Gasteiger partial charge >= 0.3 is 0 Å². The number of pyridine rings is 3. The van der Waals surface area contributed by atoms with Crippen molar-refractivity contribution in [1.82, 2.24) is 29.9 Å². The van der Waals surface area contributed by atoms with Gasteiger partial charge in [-0.05, 0) is 35.7 Å². The third kappa shape index (κ3) is 4.87. The van der Waals surface area contributed by atoms with E-state index >= 15 is 0 Å². The van der Waals surface area contributed by atoms with E-state index in [-0.39, 0.29) is 0 Å². The number of nitrogens with zero attached hydrogens (tertiary/aromatic N) is 6. The zero-order chi connectivity index (χ0) is 31.2. The second kappa shape index (κ2) is 11.1. The van der Waals surface area contributed by atoms with Gasteiger partial charge in [-0.15, -0.1) is 0 Å². The molecule has 0 N–H and O–H groups in total. The van der Waals surface area contributed by atoms with Crippen molar-refractivity contribution in [3.05, 3.63) is 146 Å². The van der Waals surface area contributed by atoms with Gasteiger partial charge in [0.2, 0.25) is 5.71 Å². The van der Waals surface area contributed by atoms with Gasteiger partial charge in [0, 0.05) is 44.6 Å². The van der Waals surface area contributed by atoms with Crippen molar-refractivity contribution in [2.24, 2.45) is 0 Å². The van der Waals surface area contributed by atoms with Crippen LogP contribution in [0, 0.1) is 0 Å².